The average Bonchev–Trinajstić information content (AvgIpc) is 2.57. The van der Waals surface area contributed by atoms with Crippen LogP contribution in [0.5, 0.6) is 0 Å². The molecule has 1 heterocycles. The third-order valence-corrected chi connectivity index (χ3v) is 4.75. The number of aromatic nitrogens is 1. The molecule has 2 aromatic carbocycles. The van der Waals surface area contributed by atoms with Crippen molar-refractivity contribution >= 4 is 48.6 Å². The van der Waals surface area contributed by atoms with Crippen LogP contribution in [0.4, 0.5) is 5.82 Å². The summed E-state index contributed by atoms with van der Waals surface area (Å²) in [6.45, 7) is 2.52. The molecule has 3 N–H and O–H groups in total. The van der Waals surface area contributed by atoms with Gasteiger partial charge in [0.1, 0.15) is 5.82 Å². The molecule has 4 nitrogen and oxygen atoms in total. The zero-order chi connectivity index (χ0) is 17.6. The topological polar surface area (TPSA) is 56.9 Å². The molecule has 0 radical (unpaired) electrons. The monoisotopic (exact) mass is 463 g/mol. The highest BCUT2D eigenvalue weighted by Crippen LogP contribution is 2.19. The molecule has 0 aliphatic rings. The first-order chi connectivity index (χ1) is 12.1. The van der Waals surface area contributed by atoms with Crippen molar-refractivity contribution < 1.29 is 0 Å². The number of rotatable bonds is 7. The van der Waals surface area contributed by atoms with Crippen molar-refractivity contribution in [3.8, 4) is 0 Å². The second kappa shape index (κ2) is 8.65. The molecule has 0 atom stereocenters. The Labute approximate surface area is 163 Å². The van der Waals surface area contributed by atoms with Gasteiger partial charge in [0.05, 0.1) is 5.52 Å². The lowest BCUT2D eigenvalue weighted by Gasteiger charge is -2.09. The number of pyridine rings is 1. The summed E-state index contributed by atoms with van der Waals surface area (Å²) in [5.41, 5.74) is 2.12. The minimum atomic E-state index is 0.0372. The van der Waals surface area contributed by atoms with Gasteiger partial charge in [-0.1, -0.05) is 44.0 Å². The van der Waals surface area contributed by atoms with E-state index in [0.29, 0.717) is 0 Å². The third kappa shape index (κ3) is 5.17. The van der Waals surface area contributed by atoms with Crippen molar-refractivity contribution in [2.45, 2.75) is 13.0 Å². The van der Waals surface area contributed by atoms with E-state index in [1.165, 1.54) is 5.56 Å². The summed E-state index contributed by atoms with van der Waals surface area (Å²) in [5.74, 6) is 0.764. The summed E-state index contributed by atoms with van der Waals surface area (Å²) in [6, 6.07) is 15.4. The van der Waals surface area contributed by atoms with Gasteiger partial charge in [0, 0.05) is 33.5 Å². The molecule has 3 aromatic rings. The highest BCUT2D eigenvalue weighted by Gasteiger charge is 2.01. The maximum Gasteiger partial charge on any atom is 0.191 e. The number of hydrogen-bond donors (Lipinski definition) is 3. The Kier molecular flexibility index (Phi) is 6.29. The van der Waals surface area contributed by atoms with Crippen molar-refractivity contribution in [2.75, 3.05) is 18.4 Å². The van der Waals surface area contributed by atoms with Crippen LogP contribution in [0.15, 0.2) is 62.3 Å². The van der Waals surface area contributed by atoms with E-state index in [4.69, 9.17) is 0 Å². The van der Waals surface area contributed by atoms with Gasteiger partial charge in [-0.25, -0.2) is 0 Å². The van der Waals surface area contributed by atoms with Crippen LogP contribution in [0.2, 0.25) is 0 Å². The molecule has 6 heteroatoms. The molecular weight excluding hydrogens is 446 g/mol. The Balaban J connectivity index is 1.45. The molecule has 0 aliphatic carbocycles. The molecule has 25 heavy (non-hydrogen) atoms. The fourth-order valence-electron chi connectivity index (χ4n) is 2.67. The summed E-state index contributed by atoms with van der Waals surface area (Å²) < 4.78 is 2.14. The summed E-state index contributed by atoms with van der Waals surface area (Å²) in [7, 11) is 0. The van der Waals surface area contributed by atoms with Crippen molar-refractivity contribution in [1.29, 1.82) is 0 Å². The standard InChI is InChI=1S/C19H19Br2N3O/c20-14-8-13(9-15(21)10-14)12-22-6-3-7-23-19-11-18(25)16-4-1-2-5-17(16)24-19/h1-2,4-5,8-11,22H,3,6-7,12H2,(H2,23,24,25). The lowest BCUT2D eigenvalue weighted by molar-refractivity contribution is 0.662. The molecule has 0 aliphatic heterocycles. The van der Waals surface area contributed by atoms with E-state index in [9.17, 15) is 4.79 Å². The molecule has 0 fully saturated rings. The molecule has 0 amide bonds. The summed E-state index contributed by atoms with van der Waals surface area (Å²) in [4.78, 5) is 15.3. The van der Waals surface area contributed by atoms with Crippen LogP contribution in [0.3, 0.4) is 0 Å². The van der Waals surface area contributed by atoms with Gasteiger partial charge in [0.25, 0.3) is 0 Å². The van der Waals surface area contributed by atoms with Gasteiger partial charge in [-0.15, -0.1) is 0 Å². The Morgan fingerprint density at radius 3 is 2.52 bits per heavy atom. The number of nitrogens with one attached hydrogen (secondary N) is 3. The average molecular weight is 465 g/mol. The molecule has 0 bridgehead atoms. The van der Waals surface area contributed by atoms with Gasteiger partial charge >= 0.3 is 0 Å². The van der Waals surface area contributed by atoms with Crippen molar-refractivity contribution in [3.63, 3.8) is 0 Å². The van der Waals surface area contributed by atoms with Crippen molar-refractivity contribution in [2.24, 2.45) is 0 Å². The highest BCUT2D eigenvalue weighted by atomic mass is 79.9. The Morgan fingerprint density at radius 1 is 0.960 bits per heavy atom. The van der Waals surface area contributed by atoms with Crippen LogP contribution in [-0.2, 0) is 6.54 Å². The van der Waals surface area contributed by atoms with Crippen LogP contribution in [0.25, 0.3) is 10.9 Å². The molecule has 0 saturated heterocycles. The van der Waals surface area contributed by atoms with Crippen LogP contribution in [-0.4, -0.2) is 18.1 Å². The van der Waals surface area contributed by atoms with E-state index in [2.05, 4.69) is 59.6 Å². The first kappa shape index (κ1) is 18.2. The number of para-hydroxylation sites is 1. The van der Waals surface area contributed by atoms with Crippen LogP contribution in [0, 0.1) is 0 Å². The Hall–Kier alpha value is -1.63. The predicted octanol–water partition coefficient (Wildman–Crippen LogP) is 4.64. The first-order valence-electron chi connectivity index (χ1n) is 8.13. The number of halogens is 2. The van der Waals surface area contributed by atoms with E-state index < -0.39 is 0 Å². The van der Waals surface area contributed by atoms with Crippen LogP contribution >= 0.6 is 31.9 Å². The zero-order valence-electron chi connectivity index (χ0n) is 13.6. The SMILES string of the molecule is O=c1cc(NCCCNCc2cc(Br)cc(Br)c2)[nH]c2ccccc12. The minimum Gasteiger partial charge on any atom is -0.371 e. The van der Waals surface area contributed by atoms with Gasteiger partial charge in [0.2, 0.25) is 0 Å². The maximum absolute atomic E-state index is 12.1. The number of H-pyrrole nitrogens is 1. The lowest BCUT2D eigenvalue weighted by atomic mass is 10.2. The Bertz CT molecular complexity index is 904. The van der Waals surface area contributed by atoms with E-state index in [-0.39, 0.29) is 5.43 Å². The summed E-state index contributed by atoms with van der Waals surface area (Å²) in [5, 5.41) is 7.43. The predicted molar refractivity (Wildman–Crippen MR) is 111 cm³/mol. The summed E-state index contributed by atoms with van der Waals surface area (Å²) in [6.07, 6.45) is 0.962. The van der Waals surface area contributed by atoms with Crippen LogP contribution in [0.1, 0.15) is 12.0 Å². The fraction of sp³-hybridized carbons (Fsp3) is 0.211. The smallest absolute Gasteiger partial charge is 0.191 e. The number of anilines is 1. The van der Waals surface area contributed by atoms with Gasteiger partial charge in [0.15, 0.2) is 5.43 Å². The normalized spacial score (nSPS) is 11.0. The summed E-state index contributed by atoms with van der Waals surface area (Å²) >= 11 is 7.00. The van der Waals surface area contributed by atoms with E-state index >= 15 is 0 Å². The van der Waals surface area contributed by atoms with Crippen molar-refractivity contribution in [3.05, 3.63) is 73.3 Å². The maximum atomic E-state index is 12.1. The van der Waals surface area contributed by atoms with Crippen LogP contribution < -0.4 is 16.1 Å². The van der Waals surface area contributed by atoms with E-state index in [1.807, 2.05) is 30.3 Å². The van der Waals surface area contributed by atoms with Gasteiger partial charge in [-0.3, -0.25) is 4.79 Å². The molecule has 0 spiro atoms. The zero-order valence-corrected chi connectivity index (χ0v) is 16.8. The number of aromatic amines is 1. The third-order valence-electron chi connectivity index (χ3n) is 3.83. The minimum absolute atomic E-state index is 0.0372. The highest BCUT2D eigenvalue weighted by molar-refractivity contribution is 9.11. The molecule has 0 saturated carbocycles. The first-order valence-corrected chi connectivity index (χ1v) is 9.72. The second-order valence-electron chi connectivity index (χ2n) is 5.83. The fourth-order valence-corrected chi connectivity index (χ4v) is 4.06. The lowest BCUT2D eigenvalue weighted by Crippen LogP contribution is -2.18. The number of fused-ring (bicyclic) bond motifs is 1. The molecule has 3 rings (SSSR count). The molecule has 1 aromatic heterocycles. The Morgan fingerprint density at radius 2 is 1.72 bits per heavy atom. The molecular formula is C19H19Br2N3O. The van der Waals surface area contributed by atoms with Gasteiger partial charge < -0.3 is 15.6 Å². The number of benzene rings is 2. The van der Waals surface area contributed by atoms with Crippen molar-refractivity contribution in [1.82, 2.24) is 10.3 Å². The largest absolute Gasteiger partial charge is 0.371 e. The quantitative estimate of drug-likeness (QED) is 0.446. The van der Waals surface area contributed by atoms with Gasteiger partial charge in [-0.05, 0) is 48.9 Å². The second-order valence-corrected chi connectivity index (χ2v) is 7.66. The number of hydrogen-bond acceptors (Lipinski definition) is 3. The molecule has 130 valence electrons. The van der Waals surface area contributed by atoms with E-state index in [1.54, 1.807) is 6.07 Å². The van der Waals surface area contributed by atoms with Gasteiger partial charge in [-0.2, -0.15) is 0 Å². The van der Waals surface area contributed by atoms with E-state index in [0.717, 1.165) is 51.7 Å². The molecule has 0 unspecified atom stereocenters.